The van der Waals surface area contributed by atoms with Gasteiger partial charge in [-0.1, -0.05) is 13.8 Å². The molecule has 3 rings (SSSR count). The fraction of sp³-hybridized carbons (Fsp3) is 0.400. The highest BCUT2D eigenvalue weighted by Crippen LogP contribution is 2.36. The quantitative estimate of drug-likeness (QED) is 0.617. The lowest BCUT2D eigenvalue weighted by Crippen LogP contribution is -2.05. The summed E-state index contributed by atoms with van der Waals surface area (Å²) < 4.78 is 0. The molecule has 132 valence electrons. The van der Waals surface area contributed by atoms with E-state index in [9.17, 15) is 0 Å². The average Bonchev–Trinajstić information content (AvgIpc) is 3.49. The molecule has 0 atom stereocenters. The van der Waals surface area contributed by atoms with Crippen LogP contribution in [0.1, 0.15) is 45.1 Å². The third-order valence-electron chi connectivity index (χ3n) is 4.06. The summed E-state index contributed by atoms with van der Waals surface area (Å²) in [7, 11) is 0. The number of pyridine rings is 2. The summed E-state index contributed by atoms with van der Waals surface area (Å²) >= 11 is 0. The van der Waals surface area contributed by atoms with E-state index in [1.165, 1.54) is 5.57 Å². The van der Waals surface area contributed by atoms with Gasteiger partial charge in [0.1, 0.15) is 11.6 Å². The highest BCUT2D eigenvalue weighted by Gasteiger charge is 2.19. The van der Waals surface area contributed by atoms with Crippen molar-refractivity contribution in [1.82, 2.24) is 9.97 Å². The summed E-state index contributed by atoms with van der Waals surface area (Å²) in [5.41, 5.74) is 4.76. The third kappa shape index (κ3) is 4.95. The molecular formula is C20H27N5. The van der Waals surface area contributed by atoms with Gasteiger partial charge in [0.25, 0.3) is 0 Å². The predicted octanol–water partition coefficient (Wildman–Crippen LogP) is 4.74. The summed E-state index contributed by atoms with van der Waals surface area (Å²) in [6, 6.07) is 8.25. The highest BCUT2D eigenvalue weighted by atomic mass is 15.0. The van der Waals surface area contributed by atoms with Crippen molar-refractivity contribution in [2.45, 2.75) is 39.5 Å². The minimum Gasteiger partial charge on any atom is -0.384 e. The molecule has 0 radical (unpaired) electrons. The lowest BCUT2D eigenvalue weighted by Gasteiger charge is -2.12. The van der Waals surface area contributed by atoms with Gasteiger partial charge < -0.3 is 16.0 Å². The molecule has 0 aliphatic heterocycles. The molecule has 1 saturated carbocycles. The van der Waals surface area contributed by atoms with Crippen LogP contribution in [-0.4, -0.2) is 23.1 Å². The van der Waals surface area contributed by atoms with Crippen molar-refractivity contribution in [2.75, 3.05) is 29.0 Å². The topological polar surface area (TPSA) is 61.9 Å². The summed E-state index contributed by atoms with van der Waals surface area (Å²) in [6.45, 7) is 6.22. The first-order valence-corrected chi connectivity index (χ1v) is 9.19. The third-order valence-corrected chi connectivity index (χ3v) is 4.06. The Balaban J connectivity index is 1.69. The Morgan fingerprint density at radius 1 is 0.880 bits per heavy atom. The van der Waals surface area contributed by atoms with Crippen molar-refractivity contribution < 1.29 is 0 Å². The van der Waals surface area contributed by atoms with E-state index in [1.54, 1.807) is 0 Å². The Morgan fingerprint density at radius 2 is 1.60 bits per heavy atom. The first kappa shape index (κ1) is 17.3. The minimum absolute atomic E-state index is 0.865. The number of nitrogens with zero attached hydrogens (tertiary/aromatic N) is 2. The van der Waals surface area contributed by atoms with Crippen molar-refractivity contribution in [1.29, 1.82) is 0 Å². The molecule has 3 N–H and O–H groups in total. The molecule has 0 amide bonds. The Labute approximate surface area is 150 Å². The number of nitrogens with one attached hydrogen (secondary N) is 3. The second-order valence-electron chi connectivity index (χ2n) is 6.32. The van der Waals surface area contributed by atoms with E-state index in [2.05, 4.69) is 51.9 Å². The summed E-state index contributed by atoms with van der Waals surface area (Å²) in [5, 5.41) is 10.1. The van der Waals surface area contributed by atoms with Crippen molar-refractivity contribution >= 4 is 23.0 Å². The van der Waals surface area contributed by atoms with Crippen molar-refractivity contribution in [3.63, 3.8) is 0 Å². The molecule has 1 aliphatic carbocycles. The maximum atomic E-state index is 4.52. The van der Waals surface area contributed by atoms with Gasteiger partial charge in [-0.3, -0.25) is 0 Å². The maximum Gasteiger partial charge on any atom is 0.130 e. The molecule has 0 aromatic carbocycles. The average molecular weight is 337 g/mol. The zero-order valence-electron chi connectivity index (χ0n) is 15.1. The molecule has 25 heavy (non-hydrogen) atoms. The van der Waals surface area contributed by atoms with E-state index in [4.69, 9.17) is 0 Å². The van der Waals surface area contributed by atoms with Crippen molar-refractivity contribution in [2.24, 2.45) is 0 Å². The molecule has 2 aromatic heterocycles. The molecule has 2 heterocycles. The molecule has 2 aromatic rings. The zero-order valence-corrected chi connectivity index (χ0v) is 15.1. The summed E-state index contributed by atoms with van der Waals surface area (Å²) in [5.74, 6) is 1.79. The molecule has 0 bridgehead atoms. The number of allylic oxidation sites excluding steroid dienone is 1. The first-order valence-electron chi connectivity index (χ1n) is 9.19. The van der Waals surface area contributed by atoms with E-state index >= 15 is 0 Å². The monoisotopic (exact) mass is 337 g/mol. The van der Waals surface area contributed by atoms with E-state index in [0.717, 1.165) is 67.4 Å². The molecule has 1 aliphatic rings. The smallest absolute Gasteiger partial charge is 0.130 e. The van der Waals surface area contributed by atoms with Gasteiger partial charge in [-0.05, 0) is 55.5 Å². The Hall–Kier alpha value is -2.56. The standard InChI is InChI=1S/C20H27N5/c1-3-11-21-17-8-10-19(24-14-17)25-20(15-5-6-15)16-7-9-18(23-13-16)22-12-4-2/h7-10,13-14,21H,3-6,11-12H2,1-2H3,(H,22,23)(H,24,25). The Bertz CT molecular complexity index is 698. The number of anilines is 3. The van der Waals surface area contributed by atoms with Gasteiger partial charge in [0.15, 0.2) is 0 Å². The first-order chi connectivity index (χ1) is 12.3. The fourth-order valence-electron chi connectivity index (χ4n) is 2.55. The van der Waals surface area contributed by atoms with Crippen LogP contribution in [0.5, 0.6) is 0 Å². The largest absolute Gasteiger partial charge is 0.384 e. The predicted molar refractivity (Wildman–Crippen MR) is 106 cm³/mol. The Morgan fingerprint density at radius 3 is 2.20 bits per heavy atom. The molecule has 0 unspecified atom stereocenters. The van der Waals surface area contributed by atoms with Crippen molar-refractivity contribution in [3.05, 3.63) is 47.8 Å². The van der Waals surface area contributed by atoms with Crippen LogP contribution in [0.3, 0.4) is 0 Å². The summed E-state index contributed by atoms with van der Waals surface area (Å²) in [4.78, 5) is 9.05. The van der Waals surface area contributed by atoms with Crippen LogP contribution >= 0.6 is 0 Å². The van der Waals surface area contributed by atoms with Crippen LogP contribution in [0.25, 0.3) is 5.70 Å². The van der Waals surface area contributed by atoms with Gasteiger partial charge in [-0.25, -0.2) is 9.97 Å². The van der Waals surface area contributed by atoms with Gasteiger partial charge >= 0.3 is 0 Å². The normalized spacial score (nSPS) is 12.6. The van der Waals surface area contributed by atoms with Gasteiger partial charge in [-0.15, -0.1) is 0 Å². The number of aromatic nitrogens is 2. The lowest BCUT2D eigenvalue weighted by molar-refractivity contribution is 0.969. The van der Waals surface area contributed by atoms with E-state index < -0.39 is 0 Å². The van der Waals surface area contributed by atoms with Crippen LogP contribution in [0.15, 0.2) is 42.2 Å². The molecular weight excluding hydrogens is 310 g/mol. The highest BCUT2D eigenvalue weighted by molar-refractivity contribution is 5.80. The second-order valence-corrected chi connectivity index (χ2v) is 6.32. The fourth-order valence-corrected chi connectivity index (χ4v) is 2.55. The molecule has 5 nitrogen and oxygen atoms in total. The SMILES string of the molecule is CCCNc1ccc(NC(=C2CC2)c2ccc(NCCC)nc2)nc1. The Kier molecular flexibility index (Phi) is 5.88. The maximum absolute atomic E-state index is 4.52. The van der Waals surface area contributed by atoms with Gasteiger partial charge in [0.2, 0.25) is 0 Å². The molecule has 1 fully saturated rings. The van der Waals surface area contributed by atoms with Crippen LogP contribution in [-0.2, 0) is 0 Å². The molecule has 5 heteroatoms. The van der Waals surface area contributed by atoms with Gasteiger partial charge in [-0.2, -0.15) is 0 Å². The second kappa shape index (κ2) is 8.51. The lowest BCUT2D eigenvalue weighted by atomic mass is 10.2. The number of hydrogen-bond donors (Lipinski definition) is 3. The van der Waals surface area contributed by atoms with Gasteiger partial charge in [0.05, 0.1) is 11.9 Å². The van der Waals surface area contributed by atoms with Crippen LogP contribution < -0.4 is 16.0 Å². The van der Waals surface area contributed by atoms with E-state index in [0.29, 0.717) is 0 Å². The van der Waals surface area contributed by atoms with Gasteiger partial charge in [0, 0.05) is 30.5 Å². The van der Waals surface area contributed by atoms with Crippen molar-refractivity contribution in [3.8, 4) is 0 Å². The molecule has 0 saturated heterocycles. The minimum atomic E-state index is 0.865. The van der Waals surface area contributed by atoms with Crippen LogP contribution in [0, 0.1) is 0 Å². The molecule has 0 spiro atoms. The van der Waals surface area contributed by atoms with Crippen LogP contribution in [0.2, 0.25) is 0 Å². The summed E-state index contributed by atoms with van der Waals surface area (Å²) in [6.07, 6.45) is 8.30. The van der Waals surface area contributed by atoms with E-state index in [1.807, 2.05) is 24.5 Å². The van der Waals surface area contributed by atoms with E-state index in [-0.39, 0.29) is 0 Å². The zero-order chi connectivity index (χ0) is 17.5. The number of hydrogen-bond acceptors (Lipinski definition) is 5. The van der Waals surface area contributed by atoms with Crippen LogP contribution in [0.4, 0.5) is 17.3 Å². The number of rotatable bonds is 9.